The molecule has 0 fully saturated rings. The molecule has 1 N–H and O–H groups in total. The van der Waals surface area contributed by atoms with Gasteiger partial charge in [0.2, 0.25) is 0 Å². The molecule has 1 aromatic carbocycles. The molecule has 2 atom stereocenters. The minimum absolute atomic E-state index is 0.297. The van der Waals surface area contributed by atoms with Crippen LogP contribution in [0.15, 0.2) is 57.5 Å². The monoisotopic (exact) mass is 586 g/mol. The van der Waals surface area contributed by atoms with Gasteiger partial charge in [-0.2, -0.15) is 0 Å². The van der Waals surface area contributed by atoms with E-state index in [1.165, 1.54) is 0 Å². The van der Waals surface area contributed by atoms with Crippen molar-refractivity contribution in [2.75, 3.05) is 13.2 Å². The van der Waals surface area contributed by atoms with Gasteiger partial charge in [0, 0.05) is 19.4 Å². The van der Waals surface area contributed by atoms with E-state index >= 15 is 0 Å². The third-order valence-corrected chi connectivity index (χ3v) is 5.85. The lowest BCUT2D eigenvalue weighted by Crippen LogP contribution is -2.26. The number of rotatable bonds is 8. The van der Waals surface area contributed by atoms with E-state index in [9.17, 15) is 9.90 Å². The summed E-state index contributed by atoms with van der Waals surface area (Å²) in [5, 5.41) is 9.20. The molecule has 1 aliphatic rings. The van der Waals surface area contributed by atoms with Crippen LogP contribution < -0.4 is 4.74 Å². The van der Waals surface area contributed by atoms with Crippen LogP contribution in [0, 0.1) is 11.8 Å². The van der Waals surface area contributed by atoms with Gasteiger partial charge in [-0.1, -0.05) is 68.0 Å². The van der Waals surface area contributed by atoms with Crippen molar-refractivity contribution < 1.29 is 19.4 Å². The predicted octanol–water partition coefficient (Wildman–Crippen LogP) is 5.79. The summed E-state index contributed by atoms with van der Waals surface area (Å²) in [4.78, 5) is 11.2. The smallest absolute Gasteiger partial charge is 0.333 e. The van der Waals surface area contributed by atoms with E-state index in [1.807, 2.05) is 42.5 Å². The number of carboxylic acids is 1. The van der Waals surface area contributed by atoms with Crippen molar-refractivity contribution >= 4 is 53.8 Å². The topological polar surface area (TPSA) is 55.8 Å². The highest BCUT2D eigenvalue weighted by atomic mass is 79.9. The fraction of sp³-hybridized carbons (Fsp3) is 0.318. The van der Waals surface area contributed by atoms with Gasteiger partial charge in [-0.3, -0.25) is 0 Å². The molecule has 0 saturated carbocycles. The number of carbonyl (C=O) groups is 1. The molecule has 1 aliphatic carbocycles. The first-order valence-corrected chi connectivity index (χ1v) is 11.4. The van der Waals surface area contributed by atoms with Crippen molar-refractivity contribution in [3.05, 3.63) is 63.1 Å². The van der Waals surface area contributed by atoms with Crippen LogP contribution in [0.1, 0.15) is 18.9 Å². The Bertz CT molecular complexity index is 880. The Hall–Kier alpha value is -1.33. The maximum Gasteiger partial charge on any atom is 0.333 e. The molecule has 0 aliphatic heterocycles. The van der Waals surface area contributed by atoms with Crippen LogP contribution in [-0.4, -0.2) is 34.7 Å². The molecule has 7 heteroatoms. The van der Waals surface area contributed by atoms with Crippen molar-refractivity contribution in [3.8, 4) is 17.6 Å². The third kappa shape index (κ3) is 8.13. The molecule has 0 saturated heterocycles. The molecule has 0 aromatic heterocycles. The van der Waals surface area contributed by atoms with Gasteiger partial charge in [0.05, 0.1) is 4.47 Å². The lowest BCUT2D eigenvalue weighted by atomic mass is 10.0. The molecule has 4 nitrogen and oxygen atoms in total. The Morgan fingerprint density at radius 1 is 1.41 bits per heavy atom. The molecule has 1 aromatic rings. The van der Waals surface area contributed by atoms with Gasteiger partial charge in [-0.05, 0) is 57.2 Å². The van der Waals surface area contributed by atoms with E-state index in [0.29, 0.717) is 25.4 Å². The highest BCUT2D eigenvalue weighted by molar-refractivity contribution is 9.12. The number of aliphatic carboxylic acids is 1. The Kier molecular flexibility index (Phi) is 9.70. The third-order valence-electron chi connectivity index (χ3n) is 3.94. The summed E-state index contributed by atoms with van der Waals surface area (Å²) in [5.41, 5.74) is 0.856. The van der Waals surface area contributed by atoms with Gasteiger partial charge >= 0.3 is 5.97 Å². The molecule has 29 heavy (non-hydrogen) atoms. The zero-order chi connectivity index (χ0) is 21.3. The van der Waals surface area contributed by atoms with Gasteiger partial charge in [0.25, 0.3) is 0 Å². The highest BCUT2D eigenvalue weighted by Crippen LogP contribution is 2.33. The predicted molar refractivity (Wildman–Crippen MR) is 126 cm³/mol. The molecule has 0 heterocycles. The number of alkyl halides is 1. The molecular formula is C22H21Br3O4. The van der Waals surface area contributed by atoms with Crippen LogP contribution in [0.2, 0.25) is 0 Å². The van der Waals surface area contributed by atoms with Crippen molar-refractivity contribution in [3.63, 3.8) is 0 Å². The summed E-state index contributed by atoms with van der Waals surface area (Å²) in [6.07, 6.45) is 9.84. The van der Waals surface area contributed by atoms with E-state index in [-0.39, 0.29) is 4.32 Å². The molecule has 0 spiro atoms. The maximum atomic E-state index is 11.2. The molecule has 0 bridgehead atoms. The standard InChI is InChI=1S/C22H21Br3O4/c1-2-28-20(21(26)27)14-16-8-9-19(18(24)13-16)29-12-5-3-4-10-22(25)11-6-7-17(23)15-22/h3,5-9,11,13,20H,2,12,14-15H2,1H3,(H,26,27)/b5-3-/t20-,22?/m0/s1. The molecule has 2 rings (SSSR count). The van der Waals surface area contributed by atoms with Crippen molar-refractivity contribution in [2.24, 2.45) is 0 Å². The zero-order valence-electron chi connectivity index (χ0n) is 15.8. The second-order valence-corrected chi connectivity index (χ2v) is 9.53. The molecule has 0 radical (unpaired) electrons. The average Bonchev–Trinajstić information content (AvgIpc) is 2.65. The van der Waals surface area contributed by atoms with Gasteiger partial charge in [0.15, 0.2) is 6.10 Å². The average molecular weight is 589 g/mol. The summed E-state index contributed by atoms with van der Waals surface area (Å²) in [6.45, 7) is 2.51. The number of hydrogen-bond donors (Lipinski definition) is 1. The number of ether oxygens (including phenoxy) is 2. The Morgan fingerprint density at radius 3 is 2.86 bits per heavy atom. The van der Waals surface area contributed by atoms with E-state index in [4.69, 9.17) is 9.47 Å². The summed E-state index contributed by atoms with van der Waals surface area (Å²) < 4.78 is 12.5. The largest absolute Gasteiger partial charge is 0.488 e. The second-order valence-electron chi connectivity index (χ2n) is 6.25. The first kappa shape index (κ1) is 23.9. The van der Waals surface area contributed by atoms with Crippen LogP contribution in [0.25, 0.3) is 0 Å². The zero-order valence-corrected chi connectivity index (χ0v) is 20.6. The lowest BCUT2D eigenvalue weighted by molar-refractivity contribution is -0.149. The SMILES string of the molecule is CCO[C@@H](Cc1ccc(OC/C=C\C#CC2(Br)C=CC=C(Br)C2)c(Br)c1)C(=O)O. The van der Waals surface area contributed by atoms with Crippen molar-refractivity contribution in [1.29, 1.82) is 0 Å². The van der Waals surface area contributed by atoms with E-state index in [2.05, 4.69) is 59.6 Å². The van der Waals surface area contributed by atoms with Gasteiger partial charge in [-0.25, -0.2) is 4.79 Å². The van der Waals surface area contributed by atoms with E-state index in [0.717, 1.165) is 20.9 Å². The summed E-state index contributed by atoms with van der Waals surface area (Å²) in [5.74, 6) is 5.92. The van der Waals surface area contributed by atoms with Gasteiger partial charge < -0.3 is 14.6 Å². The maximum absolute atomic E-state index is 11.2. The minimum atomic E-state index is -0.966. The van der Waals surface area contributed by atoms with Gasteiger partial charge in [-0.15, -0.1) is 0 Å². The number of hydrogen-bond acceptors (Lipinski definition) is 3. The Labute approximate surface area is 196 Å². The summed E-state index contributed by atoms with van der Waals surface area (Å²) in [7, 11) is 0. The van der Waals surface area contributed by atoms with Crippen LogP contribution in [-0.2, 0) is 16.0 Å². The van der Waals surface area contributed by atoms with Crippen LogP contribution in [0.4, 0.5) is 0 Å². The quantitative estimate of drug-likeness (QED) is 0.308. The summed E-state index contributed by atoms with van der Waals surface area (Å²) >= 11 is 10.6. The van der Waals surface area contributed by atoms with Gasteiger partial charge in [0.1, 0.15) is 16.7 Å². The molecule has 0 amide bonds. The number of benzene rings is 1. The van der Waals surface area contributed by atoms with Crippen molar-refractivity contribution in [1.82, 2.24) is 0 Å². The fourth-order valence-corrected chi connectivity index (χ4v) is 4.66. The first-order valence-electron chi connectivity index (χ1n) is 8.99. The van der Waals surface area contributed by atoms with Crippen molar-refractivity contribution in [2.45, 2.75) is 30.2 Å². The molecule has 154 valence electrons. The number of allylic oxidation sites excluding steroid dienone is 5. The lowest BCUT2D eigenvalue weighted by Gasteiger charge is -2.19. The molecular weight excluding hydrogens is 568 g/mol. The van der Waals surface area contributed by atoms with Crippen LogP contribution in [0.3, 0.4) is 0 Å². The first-order chi connectivity index (χ1) is 13.8. The minimum Gasteiger partial charge on any atom is -0.488 e. The number of halogens is 3. The highest BCUT2D eigenvalue weighted by Gasteiger charge is 2.23. The van der Waals surface area contributed by atoms with Crippen LogP contribution in [0.5, 0.6) is 5.75 Å². The number of carboxylic acid groups (broad SMARTS) is 1. The Balaban J connectivity index is 1.88. The molecule has 1 unspecified atom stereocenters. The Morgan fingerprint density at radius 2 is 2.21 bits per heavy atom. The fourth-order valence-electron chi connectivity index (χ4n) is 2.58. The van der Waals surface area contributed by atoms with E-state index < -0.39 is 12.1 Å². The van der Waals surface area contributed by atoms with Crippen LogP contribution >= 0.6 is 47.8 Å². The second kappa shape index (κ2) is 11.8. The summed E-state index contributed by atoms with van der Waals surface area (Å²) in [6, 6.07) is 5.51. The normalized spacial score (nSPS) is 19.4. The van der Waals surface area contributed by atoms with E-state index in [1.54, 1.807) is 13.0 Å².